The van der Waals surface area contributed by atoms with E-state index < -0.39 is 0 Å². The highest BCUT2D eigenvalue weighted by molar-refractivity contribution is 5.79. The average molecular weight is 295 g/mol. The van der Waals surface area contributed by atoms with Crippen LogP contribution in [0.25, 0.3) is 0 Å². The predicted octanol–water partition coefficient (Wildman–Crippen LogP) is 2.08. The molecule has 0 bridgehead atoms. The summed E-state index contributed by atoms with van der Waals surface area (Å²) in [7, 11) is 2.20. The summed E-state index contributed by atoms with van der Waals surface area (Å²) in [6.45, 7) is 7.56. The van der Waals surface area contributed by atoms with Crippen molar-refractivity contribution >= 4 is 5.91 Å². The van der Waals surface area contributed by atoms with Crippen molar-refractivity contribution in [2.75, 3.05) is 26.7 Å². The van der Waals surface area contributed by atoms with Crippen LogP contribution in [0.15, 0.2) is 0 Å². The average Bonchev–Trinajstić information content (AvgIpc) is 2.48. The van der Waals surface area contributed by atoms with Crippen LogP contribution in [0.5, 0.6) is 0 Å². The number of amides is 1. The number of rotatable bonds is 4. The van der Waals surface area contributed by atoms with Crippen LogP contribution in [0.2, 0.25) is 0 Å². The normalized spacial score (nSPS) is 28.4. The Hall–Kier alpha value is -0.610. The van der Waals surface area contributed by atoms with Crippen molar-refractivity contribution in [1.29, 1.82) is 0 Å². The minimum Gasteiger partial charge on any atom is -0.342 e. The summed E-state index contributed by atoms with van der Waals surface area (Å²) >= 11 is 0. The molecule has 1 aliphatic carbocycles. The summed E-state index contributed by atoms with van der Waals surface area (Å²) in [6.07, 6.45) is 6.36. The lowest BCUT2D eigenvalue weighted by Gasteiger charge is -2.37. The second kappa shape index (κ2) is 7.59. The van der Waals surface area contributed by atoms with Gasteiger partial charge in [-0.1, -0.05) is 0 Å². The SMILES string of the molecule is CC(C)N(C)CC1CCN(C(=O)C2CCC(N)CC2)CC1. The summed E-state index contributed by atoms with van der Waals surface area (Å²) in [5.74, 6) is 1.40. The number of piperidine rings is 1. The zero-order valence-corrected chi connectivity index (χ0v) is 14.1. The van der Waals surface area contributed by atoms with Gasteiger partial charge in [-0.3, -0.25) is 4.79 Å². The monoisotopic (exact) mass is 295 g/mol. The first-order valence-electron chi connectivity index (χ1n) is 8.72. The minimum atomic E-state index is 0.250. The highest BCUT2D eigenvalue weighted by Crippen LogP contribution is 2.27. The van der Waals surface area contributed by atoms with Gasteiger partial charge in [-0.15, -0.1) is 0 Å². The van der Waals surface area contributed by atoms with Gasteiger partial charge in [0, 0.05) is 37.6 Å². The molecule has 0 atom stereocenters. The summed E-state index contributed by atoms with van der Waals surface area (Å²) in [5.41, 5.74) is 5.93. The van der Waals surface area contributed by atoms with Crippen LogP contribution in [-0.2, 0) is 4.79 Å². The fourth-order valence-electron chi connectivity index (χ4n) is 3.58. The molecule has 0 spiro atoms. The van der Waals surface area contributed by atoms with Gasteiger partial charge in [0.2, 0.25) is 5.91 Å². The molecule has 21 heavy (non-hydrogen) atoms. The van der Waals surface area contributed by atoms with Crippen molar-refractivity contribution in [3.63, 3.8) is 0 Å². The molecule has 0 radical (unpaired) electrons. The van der Waals surface area contributed by atoms with Crippen molar-refractivity contribution < 1.29 is 4.79 Å². The fraction of sp³-hybridized carbons (Fsp3) is 0.941. The molecule has 2 aliphatic rings. The zero-order valence-electron chi connectivity index (χ0n) is 14.1. The molecule has 0 aromatic carbocycles. The number of nitrogens with two attached hydrogens (primary N) is 1. The molecule has 2 rings (SSSR count). The molecule has 1 heterocycles. The lowest BCUT2D eigenvalue weighted by Crippen LogP contribution is -2.45. The first-order chi connectivity index (χ1) is 9.97. The van der Waals surface area contributed by atoms with Crippen LogP contribution in [0, 0.1) is 11.8 Å². The molecule has 0 aromatic heterocycles. The van der Waals surface area contributed by atoms with Crippen molar-refractivity contribution in [3.05, 3.63) is 0 Å². The van der Waals surface area contributed by atoms with Crippen molar-refractivity contribution in [1.82, 2.24) is 9.80 Å². The maximum atomic E-state index is 12.6. The Kier molecular flexibility index (Phi) is 6.06. The van der Waals surface area contributed by atoms with Gasteiger partial charge in [-0.05, 0) is 65.3 Å². The van der Waals surface area contributed by atoms with Crippen LogP contribution in [-0.4, -0.2) is 54.5 Å². The molecular formula is C17H33N3O. The molecule has 1 saturated carbocycles. The number of hydrogen-bond acceptors (Lipinski definition) is 3. The van der Waals surface area contributed by atoms with Gasteiger partial charge < -0.3 is 15.5 Å². The van der Waals surface area contributed by atoms with Crippen molar-refractivity contribution in [3.8, 4) is 0 Å². The third kappa shape index (κ3) is 4.68. The molecule has 1 aliphatic heterocycles. The van der Waals surface area contributed by atoms with E-state index in [2.05, 4.69) is 30.7 Å². The van der Waals surface area contributed by atoms with E-state index in [9.17, 15) is 4.79 Å². The van der Waals surface area contributed by atoms with E-state index in [0.717, 1.165) is 64.1 Å². The summed E-state index contributed by atoms with van der Waals surface area (Å²) in [5, 5.41) is 0. The Morgan fingerprint density at radius 3 is 2.24 bits per heavy atom. The molecule has 0 unspecified atom stereocenters. The first-order valence-corrected chi connectivity index (χ1v) is 8.72. The maximum Gasteiger partial charge on any atom is 0.225 e. The van der Waals surface area contributed by atoms with Gasteiger partial charge in [0.05, 0.1) is 0 Å². The van der Waals surface area contributed by atoms with Crippen molar-refractivity contribution in [2.24, 2.45) is 17.6 Å². The molecule has 2 fully saturated rings. The van der Waals surface area contributed by atoms with Gasteiger partial charge in [-0.2, -0.15) is 0 Å². The van der Waals surface area contributed by atoms with E-state index in [1.54, 1.807) is 0 Å². The van der Waals surface area contributed by atoms with Gasteiger partial charge in [0.15, 0.2) is 0 Å². The number of nitrogens with zero attached hydrogens (tertiary/aromatic N) is 2. The Bertz CT molecular complexity index is 329. The predicted molar refractivity (Wildman–Crippen MR) is 87.0 cm³/mol. The minimum absolute atomic E-state index is 0.250. The zero-order chi connectivity index (χ0) is 15.4. The van der Waals surface area contributed by atoms with E-state index in [-0.39, 0.29) is 5.92 Å². The standard InChI is InChI=1S/C17H33N3O/c1-13(2)19(3)12-14-8-10-20(11-9-14)17(21)15-4-6-16(18)7-5-15/h13-16H,4-12,18H2,1-3H3. The molecule has 1 amide bonds. The quantitative estimate of drug-likeness (QED) is 0.864. The summed E-state index contributed by atoms with van der Waals surface area (Å²) in [4.78, 5) is 17.1. The molecule has 2 N–H and O–H groups in total. The van der Waals surface area contributed by atoms with E-state index in [1.807, 2.05) is 0 Å². The number of carbonyl (C=O) groups is 1. The fourth-order valence-corrected chi connectivity index (χ4v) is 3.58. The Labute approximate surface area is 130 Å². The topological polar surface area (TPSA) is 49.6 Å². The van der Waals surface area contributed by atoms with Gasteiger partial charge in [-0.25, -0.2) is 0 Å². The molecule has 4 heteroatoms. The third-order valence-corrected chi connectivity index (χ3v) is 5.48. The maximum absolute atomic E-state index is 12.6. The van der Waals surface area contributed by atoms with Gasteiger partial charge in [0.1, 0.15) is 0 Å². The van der Waals surface area contributed by atoms with E-state index in [0.29, 0.717) is 18.0 Å². The lowest BCUT2D eigenvalue weighted by atomic mass is 9.85. The second-order valence-corrected chi connectivity index (χ2v) is 7.41. The smallest absolute Gasteiger partial charge is 0.225 e. The molecular weight excluding hydrogens is 262 g/mol. The Balaban J connectivity index is 1.74. The van der Waals surface area contributed by atoms with Crippen molar-refractivity contribution in [2.45, 2.75) is 64.5 Å². The van der Waals surface area contributed by atoms with E-state index >= 15 is 0 Å². The summed E-state index contributed by atoms with van der Waals surface area (Å²) < 4.78 is 0. The van der Waals surface area contributed by atoms with E-state index in [1.165, 1.54) is 0 Å². The molecule has 122 valence electrons. The summed E-state index contributed by atoms with van der Waals surface area (Å²) in [6, 6.07) is 0.933. The second-order valence-electron chi connectivity index (χ2n) is 7.41. The highest BCUT2D eigenvalue weighted by Gasteiger charge is 2.30. The van der Waals surface area contributed by atoms with Crippen LogP contribution in [0.1, 0.15) is 52.4 Å². The van der Waals surface area contributed by atoms with Gasteiger partial charge in [0.25, 0.3) is 0 Å². The number of carbonyl (C=O) groups excluding carboxylic acids is 1. The number of likely N-dealkylation sites (tertiary alicyclic amines) is 1. The van der Waals surface area contributed by atoms with Crippen LogP contribution >= 0.6 is 0 Å². The van der Waals surface area contributed by atoms with Crippen LogP contribution in [0.4, 0.5) is 0 Å². The number of hydrogen-bond donors (Lipinski definition) is 1. The molecule has 4 nitrogen and oxygen atoms in total. The Morgan fingerprint density at radius 1 is 1.14 bits per heavy atom. The van der Waals surface area contributed by atoms with Crippen LogP contribution < -0.4 is 5.73 Å². The largest absolute Gasteiger partial charge is 0.342 e. The van der Waals surface area contributed by atoms with Gasteiger partial charge >= 0.3 is 0 Å². The Morgan fingerprint density at radius 2 is 1.71 bits per heavy atom. The molecule has 0 aromatic rings. The first kappa shape index (κ1) is 16.8. The molecule has 1 saturated heterocycles. The third-order valence-electron chi connectivity index (χ3n) is 5.48. The lowest BCUT2D eigenvalue weighted by molar-refractivity contribution is -0.138. The van der Waals surface area contributed by atoms with Crippen LogP contribution in [0.3, 0.4) is 0 Å². The highest BCUT2D eigenvalue weighted by atomic mass is 16.2. The van der Waals surface area contributed by atoms with E-state index in [4.69, 9.17) is 5.73 Å².